The van der Waals surface area contributed by atoms with Gasteiger partial charge in [0.15, 0.2) is 11.5 Å². The third kappa shape index (κ3) is 5.41. The molecule has 2 amide bonds. The maximum atomic E-state index is 12.9. The van der Waals surface area contributed by atoms with E-state index in [0.717, 1.165) is 18.2 Å². The van der Waals surface area contributed by atoms with Crippen molar-refractivity contribution in [3.8, 4) is 11.5 Å². The number of methoxy groups -OCH3 is 2. The summed E-state index contributed by atoms with van der Waals surface area (Å²) >= 11 is 5.56. The fraction of sp³-hybridized carbons (Fsp3) is 0.158. The van der Waals surface area contributed by atoms with Crippen molar-refractivity contribution in [2.24, 2.45) is 5.73 Å². The molecule has 0 saturated carbocycles. The second-order valence-corrected chi connectivity index (χ2v) is 6.08. The lowest BCUT2D eigenvalue weighted by Crippen LogP contribution is -2.17. The van der Waals surface area contributed by atoms with Crippen molar-refractivity contribution < 1.29 is 32.2 Å². The summed E-state index contributed by atoms with van der Waals surface area (Å²) in [7, 11) is 2.73. The largest absolute Gasteiger partial charge is 0.493 e. The van der Waals surface area contributed by atoms with E-state index in [2.05, 4.69) is 5.32 Å². The molecule has 2 aromatic rings. The topological polar surface area (TPSA) is 90.6 Å². The van der Waals surface area contributed by atoms with Gasteiger partial charge in [0, 0.05) is 12.1 Å². The van der Waals surface area contributed by atoms with E-state index in [1.165, 1.54) is 38.5 Å². The highest BCUT2D eigenvalue weighted by molar-refractivity contribution is 6.31. The lowest BCUT2D eigenvalue weighted by atomic mass is 10.1. The number of nitrogens with one attached hydrogen (secondary N) is 1. The van der Waals surface area contributed by atoms with E-state index in [-0.39, 0.29) is 28.3 Å². The Morgan fingerprint density at radius 2 is 1.72 bits per heavy atom. The van der Waals surface area contributed by atoms with E-state index < -0.39 is 28.6 Å². The van der Waals surface area contributed by atoms with Crippen LogP contribution in [0.4, 0.5) is 18.9 Å². The average Bonchev–Trinajstić information content (AvgIpc) is 2.65. The Kier molecular flexibility index (Phi) is 6.76. The summed E-state index contributed by atoms with van der Waals surface area (Å²) in [5, 5.41) is 1.99. The fourth-order valence-electron chi connectivity index (χ4n) is 2.40. The lowest BCUT2D eigenvalue weighted by Gasteiger charge is -2.13. The summed E-state index contributed by atoms with van der Waals surface area (Å²) in [6.45, 7) is 0. The van der Waals surface area contributed by atoms with Crippen molar-refractivity contribution in [3.63, 3.8) is 0 Å². The van der Waals surface area contributed by atoms with Crippen LogP contribution in [0.15, 0.2) is 36.4 Å². The van der Waals surface area contributed by atoms with Gasteiger partial charge in [-0.3, -0.25) is 9.59 Å². The molecule has 3 N–H and O–H groups in total. The number of benzene rings is 2. The number of halogens is 4. The quantitative estimate of drug-likeness (QED) is 0.677. The number of hydrogen-bond acceptors (Lipinski definition) is 4. The molecule has 154 valence electrons. The number of alkyl halides is 3. The predicted octanol–water partition coefficient (Wildman–Crippen LogP) is 4.13. The van der Waals surface area contributed by atoms with Gasteiger partial charge in [-0.05, 0) is 29.8 Å². The van der Waals surface area contributed by atoms with E-state index in [1.807, 2.05) is 0 Å². The van der Waals surface area contributed by atoms with Crippen molar-refractivity contribution in [2.45, 2.75) is 6.18 Å². The number of amides is 2. The zero-order valence-corrected chi connectivity index (χ0v) is 16.0. The molecule has 0 bridgehead atoms. The van der Waals surface area contributed by atoms with Crippen molar-refractivity contribution in [3.05, 3.63) is 58.1 Å². The Morgan fingerprint density at radius 3 is 2.28 bits per heavy atom. The first-order chi connectivity index (χ1) is 13.6. The first-order valence-corrected chi connectivity index (χ1v) is 8.36. The SMILES string of the molecule is COc1cc(NC(=O)/C=C/c2ccc(Cl)c(C(F)(F)F)c2)c(C(N)=O)cc1OC. The molecule has 0 saturated heterocycles. The molecular weight excluding hydrogens is 413 g/mol. The van der Waals surface area contributed by atoms with Gasteiger partial charge in [0.2, 0.25) is 5.91 Å². The number of carbonyl (C=O) groups is 2. The smallest absolute Gasteiger partial charge is 0.417 e. The van der Waals surface area contributed by atoms with Crippen LogP contribution in [-0.2, 0) is 11.0 Å². The Labute approximate surface area is 169 Å². The summed E-state index contributed by atoms with van der Waals surface area (Å²) in [4.78, 5) is 23.8. The van der Waals surface area contributed by atoms with Crippen LogP contribution in [0.2, 0.25) is 5.02 Å². The molecule has 0 atom stereocenters. The van der Waals surface area contributed by atoms with Gasteiger partial charge in [-0.25, -0.2) is 0 Å². The van der Waals surface area contributed by atoms with Crippen molar-refractivity contribution >= 4 is 35.2 Å². The van der Waals surface area contributed by atoms with Gasteiger partial charge < -0.3 is 20.5 Å². The van der Waals surface area contributed by atoms with Crippen LogP contribution in [0.1, 0.15) is 21.5 Å². The minimum atomic E-state index is -4.63. The van der Waals surface area contributed by atoms with Crippen molar-refractivity contribution in [1.29, 1.82) is 0 Å². The maximum Gasteiger partial charge on any atom is 0.417 e. The molecule has 0 aliphatic rings. The molecule has 0 unspecified atom stereocenters. The van der Waals surface area contributed by atoms with Gasteiger partial charge in [0.05, 0.1) is 36.1 Å². The number of ether oxygens (including phenoxy) is 2. The van der Waals surface area contributed by atoms with Gasteiger partial charge in [0.25, 0.3) is 5.91 Å². The molecule has 0 radical (unpaired) electrons. The molecule has 0 spiro atoms. The zero-order chi connectivity index (χ0) is 21.8. The van der Waals surface area contributed by atoms with Crippen LogP contribution < -0.4 is 20.5 Å². The molecule has 10 heteroatoms. The average molecular weight is 429 g/mol. The number of nitrogens with two attached hydrogens (primary N) is 1. The molecule has 29 heavy (non-hydrogen) atoms. The monoisotopic (exact) mass is 428 g/mol. The molecule has 0 aliphatic carbocycles. The number of hydrogen-bond donors (Lipinski definition) is 2. The first kappa shape index (κ1) is 22.1. The Bertz CT molecular complexity index is 975. The van der Waals surface area contributed by atoms with Crippen LogP contribution in [0, 0.1) is 0 Å². The molecular formula is C19H16ClF3N2O4. The maximum absolute atomic E-state index is 12.9. The Hall–Kier alpha value is -3.20. The van der Waals surface area contributed by atoms with E-state index >= 15 is 0 Å². The highest BCUT2D eigenvalue weighted by Gasteiger charge is 2.33. The minimum absolute atomic E-state index is 0.0322. The predicted molar refractivity (Wildman–Crippen MR) is 102 cm³/mol. The normalized spacial score (nSPS) is 11.4. The summed E-state index contributed by atoms with van der Waals surface area (Å²) in [5.41, 5.74) is 4.43. The van der Waals surface area contributed by atoms with Gasteiger partial charge in [0.1, 0.15) is 0 Å². The second-order valence-electron chi connectivity index (χ2n) is 5.68. The lowest BCUT2D eigenvalue weighted by molar-refractivity contribution is -0.137. The van der Waals surface area contributed by atoms with Gasteiger partial charge >= 0.3 is 6.18 Å². The first-order valence-electron chi connectivity index (χ1n) is 7.98. The van der Waals surface area contributed by atoms with Crippen LogP contribution in [0.5, 0.6) is 11.5 Å². The Balaban J connectivity index is 2.28. The van der Waals surface area contributed by atoms with Crippen molar-refractivity contribution in [2.75, 3.05) is 19.5 Å². The highest BCUT2D eigenvalue weighted by atomic mass is 35.5. The van der Waals surface area contributed by atoms with Crippen LogP contribution in [0.3, 0.4) is 0 Å². The van der Waals surface area contributed by atoms with E-state index in [1.54, 1.807) is 0 Å². The minimum Gasteiger partial charge on any atom is -0.493 e. The molecule has 2 rings (SSSR count). The number of anilines is 1. The highest BCUT2D eigenvalue weighted by Crippen LogP contribution is 2.35. The summed E-state index contributed by atoms with van der Waals surface area (Å²) in [6.07, 6.45) is -2.45. The summed E-state index contributed by atoms with van der Waals surface area (Å²) < 4.78 is 48.9. The van der Waals surface area contributed by atoms with Crippen LogP contribution in [0.25, 0.3) is 6.08 Å². The molecule has 0 aliphatic heterocycles. The molecule has 2 aromatic carbocycles. The standard InChI is InChI=1S/C19H16ClF3N2O4/c1-28-15-8-11(18(24)27)14(9-16(15)29-2)25-17(26)6-4-10-3-5-13(20)12(7-10)19(21,22)23/h3-9H,1-2H3,(H2,24,27)(H,25,26)/b6-4+. The van der Waals surface area contributed by atoms with E-state index in [4.69, 9.17) is 26.8 Å². The van der Waals surface area contributed by atoms with Crippen molar-refractivity contribution in [1.82, 2.24) is 0 Å². The second kappa shape index (κ2) is 8.87. The molecule has 0 fully saturated rings. The third-order valence-electron chi connectivity index (χ3n) is 3.77. The van der Waals surface area contributed by atoms with E-state index in [9.17, 15) is 22.8 Å². The number of rotatable bonds is 6. The van der Waals surface area contributed by atoms with Gasteiger partial charge in [-0.15, -0.1) is 0 Å². The van der Waals surface area contributed by atoms with E-state index in [0.29, 0.717) is 0 Å². The van der Waals surface area contributed by atoms with Gasteiger partial charge in [-0.1, -0.05) is 17.7 Å². The number of carbonyl (C=O) groups excluding carboxylic acids is 2. The fourth-order valence-corrected chi connectivity index (χ4v) is 2.62. The van der Waals surface area contributed by atoms with Crippen LogP contribution in [-0.4, -0.2) is 26.0 Å². The molecule has 6 nitrogen and oxygen atoms in total. The van der Waals surface area contributed by atoms with Gasteiger partial charge in [-0.2, -0.15) is 13.2 Å². The summed E-state index contributed by atoms with van der Waals surface area (Å²) in [6, 6.07) is 5.87. The van der Waals surface area contributed by atoms with Crippen LogP contribution >= 0.6 is 11.6 Å². The summed E-state index contributed by atoms with van der Waals surface area (Å²) in [5.74, 6) is -1.05. The third-order valence-corrected chi connectivity index (χ3v) is 4.10. The molecule has 0 heterocycles. The number of primary amides is 1. The molecule has 0 aromatic heterocycles. The zero-order valence-electron chi connectivity index (χ0n) is 15.3. The Morgan fingerprint density at radius 1 is 1.10 bits per heavy atom.